The van der Waals surface area contributed by atoms with Crippen molar-refractivity contribution < 1.29 is 4.79 Å². The lowest BCUT2D eigenvalue weighted by Gasteiger charge is -2.17. The molecule has 0 aromatic carbocycles. The Morgan fingerprint density at radius 1 is 1.50 bits per heavy atom. The second-order valence-electron chi connectivity index (χ2n) is 5.39. The maximum Gasteiger partial charge on any atom is 0.242 e. The molecule has 2 aromatic rings. The van der Waals surface area contributed by atoms with Gasteiger partial charge in [-0.25, -0.2) is 4.98 Å². The van der Waals surface area contributed by atoms with E-state index in [2.05, 4.69) is 22.1 Å². The Morgan fingerprint density at radius 2 is 2.35 bits per heavy atom. The fourth-order valence-corrected chi connectivity index (χ4v) is 2.81. The van der Waals surface area contributed by atoms with Gasteiger partial charge in [0.25, 0.3) is 0 Å². The molecule has 1 atom stereocenters. The van der Waals surface area contributed by atoms with Crippen molar-refractivity contribution in [2.24, 2.45) is 0 Å². The van der Waals surface area contributed by atoms with Crippen molar-refractivity contribution in [3.63, 3.8) is 0 Å². The molecule has 20 heavy (non-hydrogen) atoms. The molecule has 3 rings (SSSR count). The van der Waals surface area contributed by atoms with Gasteiger partial charge in [0, 0.05) is 37.1 Å². The van der Waals surface area contributed by atoms with E-state index in [1.165, 1.54) is 11.3 Å². The van der Waals surface area contributed by atoms with Crippen molar-refractivity contribution in [1.82, 2.24) is 24.6 Å². The molecule has 0 bridgehead atoms. The monoisotopic (exact) mass is 273 g/mol. The fourth-order valence-electron chi connectivity index (χ4n) is 2.81. The van der Waals surface area contributed by atoms with Crippen molar-refractivity contribution in [1.29, 1.82) is 0 Å². The third kappa shape index (κ3) is 2.33. The summed E-state index contributed by atoms with van der Waals surface area (Å²) in [5.41, 5.74) is 2.34. The van der Waals surface area contributed by atoms with Crippen LogP contribution in [0, 0.1) is 13.8 Å². The third-order valence-electron chi connectivity index (χ3n) is 4.05. The summed E-state index contributed by atoms with van der Waals surface area (Å²) in [6.07, 6.45) is 6.41. The highest BCUT2D eigenvalue weighted by molar-refractivity contribution is 5.76. The summed E-state index contributed by atoms with van der Waals surface area (Å²) < 4.78 is 1.89. The van der Waals surface area contributed by atoms with E-state index >= 15 is 0 Å². The molecule has 0 unspecified atom stereocenters. The second-order valence-corrected chi connectivity index (χ2v) is 5.39. The fraction of sp³-hybridized carbons (Fsp3) is 0.500. The standard InChI is InChI=1S/C14H19N5O/c1-10-7-16-17-14(10)12-3-5-19(8-12)13(20)9-18-6-4-15-11(18)2/h4,6-7,12H,3,5,8-9H2,1-2H3,(H,16,17)/t12-/m0/s1. The van der Waals surface area contributed by atoms with E-state index in [1.807, 2.05) is 28.8 Å². The molecule has 0 saturated carbocycles. The molecule has 0 spiro atoms. The van der Waals surface area contributed by atoms with Gasteiger partial charge in [-0.2, -0.15) is 5.10 Å². The molecule has 1 N–H and O–H groups in total. The second kappa shape index (κ2) is 5.11. The van der Waals surface area contributed by atoms with Crippen molar-refractivity contribution in [2.45, 2.75) is 32.7 Å². The average molecular weight is 273 g/mol. The van der Waals surface area contributed by atoms with Gasteiger partial charge in [0.2, 0.25) is 5.91 Å². The lowest BCUT2D eigenvalue weighted by Crippen LogP contribution is -2.31. The molecule has 6 nitrogen and oxygen atoms in total. The molecule has 106 valence electrons. The zero-order chi connectivity index (χ0) is 14.1. The smallest absolute Gasteiger partial charge is 0.242 e. The van der Waals surface area contributed by atoms with Crippen LogP contribution in [-0.4, -0.2) is 43.6 Å². The van der Waals surface area contributed by atoms with E-state index < -0.39 is 0 Å². The highest BCUT2D eigenvalue weighted by Gasteiger charge is 2.29. The normalized spacial score (nSPS) is 18.7. The zero-order valence-electron chi connectivity index (χ0n) is 11.8. The Kier molecular flexibility index (Phi) is 3.30. The Balaban J connectivity index is 1.64. The number of amides is 1. The first kappa shape index (κ1) is 12.9. The molecule has 0 radical (unpaired) electrons. The molecule has 3 heterocycles. The summed E-state index contributed by atoms with van der Waals surface area (Å²) in [6, 6.07) is 0. The van der Waals surface area contributed by atoms with Crippen LogP contribution in [0.2, 0.25) is 0 Å². The van der Waals surface area contributed by atoms with Crippen LogP contribution in [0.15, 0.2) is 18.6 Å². The van der Waals surface area contributed by atoms with E-state index in [4.69, 9.17) is 0 Å². The largest absolute Gasteiger partial charge is 0.340 e. The maximum atomic E-state index is 12.3. The molecule has 2 aromatic heterocycles. The number of nitrogens with zero attached hydrogens (tertiary/aromatic N) is 4. The molecule has 6 heteroatoms. The zero-order valence-corrected chi connectivity index (χ0v) is 11.8. The van der Waals surface area contributed by atoms with Crippen LogP contribution in [0.1, 0.15) is 29.4 Å². The number of aryl methyl sites for hydroxylation is 2. The number of aromatic amines is 1. The first-order valence-electron chi connectivity index (χ1n) is 6.90. The minimum absolute atomic E-state index is 0.158. The predicted octanol–water partition coefficient (Wildman–Crippen LogP) is 1.24. The number of hydrogen-bond acceptors (Lipinski definition) is 3. The van der Waals surface area contributed by atoms with Gasteiger partial charge in [0.05, 0.1) is 6.20 Å². The van der Waals surface area contributed by atoms with Gasteiger partial charge in [-0.05, 0) is 25.8 Å². The number of nitrogens with one attached hydrogen (secondary N) is 1. The SMILES string of the molecule is Cc1cn[nH]c1[C@H]1CCN(C(=O)Cn2ccnc2C)C1. The summed E-state index contributed by atoms with van der Waals surface area (Å²) >= 11 is 0. The molecule has 1 saturated heterocycles. The first-order valence-corrected chi connectivity index (χ1v) is 6.90. The van der Waals surface area contributed by atoms with Crippen molar-refractivity contribution in [3.05, 3.63) is 35.7 Å². The van der Waals surface area contributed by atoms with Gasteiger partial charge in [0.1, 0.15) is 12.4 Å². The van der Waals surface area contributed by atoms with Gasteiger partial charge in [-0.15, -0.1) is 0 Å². The highest BCUT2D eigenvalue weighted by Crippen LogP contribution is 2.27. The highest BCUT2D eigenvalue weighted by atomic mass is 16.2. The van der Waals surface area contributed by atoms with E-state index in [9.17, 15) is 4.79 Å². The van der Waals surface area contributed by atoms with Crippen LogP contribution in [0.3, 0.4) is 0 Å². The Labute approximate surface area is 117 Å². The maximum absolute atomic E-state index is 12.3. The number of rotatable bonds is 3. The molecule has 1 amide bonds. The lowest BCUT2D eigenvalue weighted by atomic mass is 10.0. The van der Waals surface area contributed by atoms with Gasteiger partial charge in [-0.1, -0.05) is 0 Å². The molecule has 1 aliphatic heterocycles. The van der Waals surface area contributed by atoms with Crippen LogP contribution in [0.5, 0.6) is 0 Å². The molecular formula is C14H19N5O. The predicted molar refractivity (Wildman–Crippen MR) is 74.2 cm³/mol. The third-order valence-corrected chi connectivity index (χ3v) is 4.05. The number of likely N-dealkylation sites (tertiary alicyclic amines) is 1. The molecular weight excluding hydrogens is 254 g/mol. The summed E-state index contributed by atoms with van der Waals surface area (Å²) in [6.45, 7) is 5.93. The van der Waals surface area contributed by atoms with Gasteiger partial charge < -0.3 is 9.47 Å². The quantitative estimate of drug-likeness (QED) is 0.915. The van der Waals surface area contributed by atoms with Gasteiger partial charge in [-0.3, -0.25) is 9.89 Å². The van der Waals surface area contributed by atoms with Crippen molar-refractivity contribution in [3.8, 4) is 0 Å². The number of carbonyl (C=O) groups is 1. The number of imidazole rings is 1. The van der Waals surface area contributed by atoms with Crippen LogP contribution in [-0.2, 0) is 11.3 Å². The Hall–Kier alpha value is -2.11. The van der Waals surface area contributed by atoms with E-state index in [-0.39, 0.29) is 5.91 Å². The summed E-state index contributed by atoms with van der Waals surface area (Å²) in [7, 11) is 0. The number of H-pyrrole nitrogens is 1. The van der Waals surface area contributed by atoms with E-state index in [0.717, 1.165) is 25.3 Å². The first-order chi connectivity index (χ1) is 9.65. The summed E-state index contributed by atoms with van der Waals surface area (Å²) in [4.78, 5) is 18.4. The van der Waals surface area contributed by atoms with Crippen LogP contribution in [0.4, 0.5) is 0 Å². The summed E-state index contributed by atoms with van der Waals surface area (Å²) in [5, 5.41) is 7.13. The molecule has 0 aliphatic carbocycles. The van der Waals surface area contributed by atoms with Gasteiger partial charge in [0.15, 0.2) is 0 Å². The lowest BCUT2D eigenvalue weighted by molar-refractivity contribution is -0.130. The van der Waals surface area contributed by atoms with Crippen molar-refractivity contribution >= 4 is 5.91 Å². The number of aromatic nitrogens is 4. The number of hydrogen-bond donors (Lipinski definition) is 1. The van der Waals surface area contributed by atoms with Gasteiger partial charge >= 0.3 is 0 Å². The number of carbonyl (C=O) groups excluding carboxylic acids is 1. The minimum Gasteiger partial charge on any atom is -0.340 e. The summed E-state index contributed by atoms with van der Waals surface area (Å²) in [5.74, 6) is 1.41. The van der Waals surface area contributed by atoms with Crippen LogP contribution >= 0.6 is 0 Å². The van der Waals surface area contributed by atoms with E-state index in [0.29, 0.717) is 12.5 Å². The molecule has 1 fully saturated rings. The van der Waals surface area contributed by atoms with Crippen LogP contribution in [0.25, 0.3) is 0 Å². The van der Waals surface area contributed by atoms with Crippen LogP contribution < -0.4 is 0 Å². The minimum atomic E-state index is 0.158. The Morgan fingerprint density at radius 3 is 3.00 bits per heavy atom. The topological polar surface area (TPSA) is 66.8 Å². The van der Waals surface area contributed by atoms with Crippen molar-refractivity contribution in [2.75, 3.05) is 13.1 Å². The average Bonchev–Trinajstić information content (AvgIpc) is 3.11. The van der Waals surface area contributed by atoms with E-state index in [1.54, 1.807) is 6.20 Å². The Bertz CT molecular complexity index is 615. The molecule has 1 aliphatic rings.